The summed E-state index contributed by atoms with van der Waals surface area (Å²) in [5.41, 5.74) is 6.71. The summed E-state index contributed by atoms with van der Waals surface area (Å²) in [7, 11) is 7.07. The van der Waals surface area contributed by atoms with Crippen molar-refractivity contribution in [2.75, 3.05) is 41.3 Å². The molecule has 0 bridgehead atoms. The number of rotatable bonds is 6. The van der Waals surface area contributed by atoms with Gasteiger partial charge in [0.1, 0.15) is 17.1 Å². The van der Waals surface area contributed by atoms with Crippen molar-refractivity contribution >= 4 is 17.5 Å². The molecule has 0 atom stereocenters. The first-order valence-electron chi connectivity index (χ1n) is 8.42. The van der Waals surface area contributed by atoms with Crippen LogP contribution in [-0.2, 0) is 0 Å². The summed E-state index contributed by atoms with van der Waals surface area (Å²) in [5, 5.41) is 10.6. The number of hydrogen-bond donors (Lipinski definition) is 2. The minimum Gasteiger partial charge on any atom is -0.504 e. The van der Waals surface area contributed by atoms with E-state index in [1.54, 1.807) is 12.1 Å². The zero-order valence-electron chi connectivity index (χ0n) is 16.6. The van der Waals surface area contributed by atoms with Crippen LogP contribution in [0.1, 0.15) is 15.9 Å². The van der Waals surface area contributed by atoms with Crippen LogP contribution in [0.25, 0.3) is 6.08 Å². The first kappa shape index (κ1) is 20.0. The Labute approximate surface area is 167 Å². The van der Waals surface area contributed by atoms with Gasteiger partial charge in [0.05, 0.1) is 41.2 Å². The van der Waals surface area contributed by atoms with E-state index in [-0.39, 0.29) is 34.3 Å². The third-order valence-corrected chi connectivity index (χ3v) is 4.44. The van der Waals surface area contributed by atoms with Crippen LogP contribution in [0, 0.1) is 0 Å². The number of fused-ring (bicyclic) bond motifs is 1. The maximum Gasteiger partial charge on any atom is 0.236 e. The van der Waals surface area contributed by atoms with Crippen LogP contribution in [0.5, 0.6) is 40.2 Å². The molecule has 0 saturated carbocycles. The number of methoxy groups -OCH3 is 5. The number of allylic oxidation sites excluding steroid dienone is 1. The molecular formula is C20H21NO8. The van der Waals surface area contributed by atoms with E-state index in [1.807, 2.05) is 0 Å². The number of anilines is 1. The van der Waals surface area contributed by atoms with E-state index in [0.717, 1.165) is 0 Å². The Kier molecular flexibility index (Phi) is 5.31. The van der Waals surface area contributed by atoms with Gasteiger partial charge < -0.3 is 39.3 Å². The summed E-state index contributed by atoms with van der Waals surface area (Å²) in [6.45, 7) is 0. The summed E-state index contributed by atoms with van der Waals surface area (Å²) in [6, 6.07) is 3.18. The number of carbonyl (C=O) groups excluding carboxylic acids is 1. The van der Waals surface area contributed by atoms with Gasteiger partial charge in [0.15, 0.2) is 17.3 Å². The number of carbonyl (C=O) groups is 1. The normalized spacial score (nSPS) is 13.7. The molecule has 0 unspecified atom stereocenters. The lowest BCUT2D eigenvalue weighted by atomic mass is 10.1. The van der Waals surface area contributed by atoms with Crippen molar-refractivity contribution in [1.29, 1.82) is 0 Å². The van der Waals surface area contributed by atoms with Gasteiger partial charge in [0, 0.05) is 11.6 Å². The molecule has 9 heteroatoms. The van der Waals surface area contributed by atoms with E-state index in [2.05, 4.69) is 0 Å². The molecule has 0 spiro atoms. The lowest BCUT2D eigenvalue weighted by molar-refractivity contribution is 0.101. The largest absolute Gasteiger partial charge is 0.504 e. The molecule has 0 aromatic heterocycles. The van der Waals surface area contributed by atoms with Crippen LogP contribution in [0.4, 0.5) is 5.69 Å². The number of nitrogen functional groups attached to an aromatic ring is 1. The predicted octanol–water partition coefficient (Wildman–Crippen LogP) is 2.63. The molecule has 9 nitrogen and oxygen atoms in total. The van der Waals surface area contributed by atoms with E-state index in [0.29, 0.717) is 22.7 Å². The van der Waals surface area contributed by atoms with Crippen LogP contribution in [0.3, 0.4) is 0 Å². The number of ether oxygens (including phenoxy) is 6. The number of Topliss-reactive ketones (excluding diaryl/α,β-unsaturated/α-hetero) is 1. The maximum absolute atomic E-state index is 13.0. The average Bonchev–Trinajstić information content (AvgIpc) is 3.04. The molecule has 154 valence electrons. The van der Waals surface area contributed by atoms with Crippen molar-refractivity contribution in [3.8, 4) is 40.2 Å². The second kappa shape index (κ2) is 7.70. The maximum atomic E-state index is 13.0. The number of aromatic hydroxyl groups is 1. The molecule has 3 N–H and O–H groups in total. The summed E-state index contributed by atoms with van der Waals surface area (Å²) in [5.74, 6) is 0.0327. The molecule has 0 fully saturated rings. The standard InChI is InChI=1S/C20H21NO8/c1-24-11-8-12(25-2)10(21)6-9(11)7-13-15(22)14-16(23)18(26-3)20(28-5)19(27-4)17(14)29-13/h6-8,23H,21H2,1-5H3/b13-7-. The van der Waals surface area contributed by atoms with Crippen molar-refractivity contribution in [3.63, 3.8) is 0 Å². The number of phenols is 1. The molecule has 0 amide bonds. The third-order valence-electron chi connectivity index (χ3n) is 4.44. The predicted molar refractivity (Wildman–Crippen MR) is 105 cm³/mol. The number of nitrogens with two attached hydrogens (primary N) is 1. The minimum atomic E-state index is -0.562. The van der Waals surface area contributed by atoms with Crippen LogP contribution in [0.15, 0.2) is 17.9 Å². The smallest absolute Gasteiger partial charge is 0.236 e. The Hall–Kier alpha value is -3.75. The zero-order chi connectivity index (χ0) is 21.3. The van der Waals surface area contributed by atoms with Gasteiger partial charge in [-0.3, -0.25) is 4.79 Å². The molecule has 3 rings (SSSR count). The highest BCUT2D eigenvalue weighted by Gasteiger charge is 2.39. The summed E-state index contributed by atoms with van der Waals surface area (Å²) in [4.78, 5) is 13.0. The molecule has 0 radical (unpaired) electrons. The Bertz CT molecular complexity index is 1010. The zero-order valence-corrected chi connectivity index (χ0v) is 16.6. The van der Waals surface area contributed by atoms with E-state index >= 15 is 0 Å². The van der Waals surface area contributed by atoms with Crippen molar-refractivity contribution in [3.05, 3.63) is 29.0 Å². The Morgan fingerprint density at radius 1 is 0.897 bits per heavy atom. The Morgan fingerprint density at radius 3 is 2.07 bits per heavy atom. The number of ketones is 1. The van der Waals surface area contributed by atoms with Gasteiger partial charge in [0.2, 0.25) is 23.0 Å². The van der Waals surface area contributed by atoms with Crippen LogP contribution in [0.2, 0.25) is 0 Å². The highest BCUT2D eigenvalue weighted by Crippen LogP contribution is 2.56. The van der Waals surface area contributed by atoms with Gasteiger partial charge >= 0.3 is 0 Å². The summed E-state index contributed by atoms with van der Waals surface area (Å²) >= 11 is 0. The lowest BCUT2D eigenvalue weighted by Crippen LogP contribution is -2.01. The molecule has 1 heterocycles. The van der Waals surface area contributed by atoms with Crippen LogP contribution < -0.4 is 34.2 Å². The van der Waals surface area contributed by atoms with E-state index in [1.165, 1.54) is 41.6 Å². The van der Waals surface area contributed by atoms with Crippen molar-refractivity contribution in [2.24, 2.45) is 0 Å². The first-order valence-corrected chi connectivity index (χ1v) is 8.42. The SMILES string of the molecule is COc1cc(OC)c(/C=C2\Oc3c(OC)c(OC)c(OC)c(O)c3C2=O)cc1N. The van der Waals surface area contributed by atoms with Gasteiger partial charge in [-0.25, -0.2) is 0 Å². The Balaban J connectivity index is 2.17. The van der Waals surface area contributed by atoms with Crippen LogP contribution >= 0.6 is 0 Å². The fourth-order valence-corrected chi connectivity index (χ4v) is 3.09. The molecule has 1 aliphatic heterocycles. The van der Waals surface area contributed by atoms with Gasteiger partial charge in [-0.1, -0.05) is 0 Å². The molecule has 2 aromatic rings. The molecule has 29 heavy (non-hydrogen) atoms. The molecule has 0 saturated heterocycles. The van der Waals surface area contributed by atoms with Gasteiger partial charge in [0.25, 0.3) is 0 Å². The minimum absolute atomic E-state index is 0.0272. The van der Waals surface area contributed by atoms with Crippen molar-refractivity contribution in [1.82, 2.24) is 0 Å². The van der Waals surface area contributed by atoms with E-state index in [4.69, 9.17) is 34.2 Å². The first-order chi connectivity index (χ1) is 13.9. The molecule has 2 aromatic carbocycles. The third kappa shape index (κ3) is 3.10. The molecule has 0 aliphatic carbocycles. The summed E-state index contributed by atoms with van der Waals surface area (Å²) in [6.07, 6.45) is 1.45. The second-order valence-electron chi connectivity index (χ2n) is 5.93. The van der Waals surface area contributed by atoms with Gasteiger partial charge in [-0.05, 0) is 12.1 Å². The van der Waals surface area contributed by atoms with E-state index in [9.17, 15) is 9.90 Å². The monoisotopic (exact) mass is 403 g/mol. The van der Waals surface area contributed by atoms with E-state index < -0.39 is 11.5 Å². The fourth-order valence-electron chi connectivity index (χ4n) is 3.09. The van der Waals surface area contributed by atoms with Crippen molar-refractivity contribution in [2.45, 2.75) is 0 Å². The molecular weight excluding hydrogens is 382 g/mol. The number of hydrogen-bond acceptors (Lipinski definition) is 9. The highest BCUT2D eigenvalue weighted by atomic mass is 16.6. The molecule has 1 aliphatic rings. The average molecular weight is 403 g/mol. The number of phenolic OH excluding ortho intramolecular Hbond substituents is 1. The lowest BCUT2D eigenvalue weighted by Gasteiger charge is -2.15. The fraction of sp³-hybridized carbons (Fsp3) is 0.250. The quantitative estimate of drug-likeness (QED) is 0.554. The topological polar surface area (TPSA) is 119 Å². The second-order valence-corrected chi connectivity index (χ2v) is 5.93. The number of benzene rings is 2. The van der Waals surface area contributed by atoms with Crippen molar-refractivity contribution < 1.29 is 38.3 Å². The summed E-state index contributed by atoms with van der Waals surface area (Å²) < 4.78 is 32.0. The van der Waals surface area contributed by atoms with Crippen LogP contribution in [-0.4, -0.2) is 46.4 Å². The van der Waals surface area contributed by atoms with Gasteiger partial charge in [-0.2, -0.15) is 0 Å². The Morgan fingerprint density at radius 2 is 1.52 bits per heavy atom. The highest BCUT2D eigenvalue weighted by molar-refractivity contribution is 6.17. The van der Waals surface area contributed by atoms with Gasteiger partial charge in [-0.15, -0.1) is 0 Å².